The zero-order valence-corrected chi connectivity index (χ0v) is 17.8. The topological polar surface area (TPSA) is 59.4 Å². The fraction of sp³-hybridized carbons (Fsp3) is 0.333. The molecule has 31 heavy (non-hydrogen) atoms. The maximum Gasteiger partial charge on any atom is 0.251 e. The van der Waals surface area contributed by atoms with E-state index in [2.05, 4.69) is 15.3 Å². The van der Waals surface area contributed by atoms with Crippen molar-refractivity contribution in [2.75, 3.05) is 32.8 Å². The molecule has 1 N–H and O–H groups in total. The monoisotopic (exact) mass is 422 g/mol. The van der Waals surface area contributed by atoms with Crippen LogP contribution in [-0.4, -0.2) is 53.4 Å². The van der Waals surface area contributed by atoms with Crippen molar-refractivity contribution < 1.29 is 13.9 Å². The molecule has 1 aliphatic heterocycles. The zero-order chi connectivity index (χ0) is 21.8. The Morgan fingerprint density at radius 1 is 1.10 bits per heavy atom. The Balaban J connectivity index is 1.45. The number of benzene rings is 2. The molecule has 3 aromatic rings. The summed E-state index contributed by atoms with van der Waals surface area (Å²) >= 11 is 0. The molecule has 0 aliphatic carbocycles. The Morgan fingerprint density at radius 3 is 2.39 bits per heavy atom. The van der Waals surface area contributed by atoms with Crippen molar-refractivity contribution in [1.29, 1.82) is 0 Å². The Hall–Kier alpha value is -3.03. The van der Waals surface area contributed by atoms with Gasteiger partial charge in [-0.05, 0) is 61.9 Å². The summed E-state index contributed by atoms with van der Waals surface area (Å²) in [6.45, 7) is 7.24. The number of morpholine rings is 1. The normalized spacial score (nSPS) is 15.6. The number of carbonyl (C=O) groups is 1. The highest BCUT2D eigenvalue weighted by Crippen LogP contribution is 2.22. The van der Waals surface area contributed by atoms with Crippen LogP contribution < -0.4 is 5.32 Å². The first kappa shape index (κ1) is 21.2. The van der Waals surface area contributed by atoms with Crippen LogP contribution in [0.4, 0.5) is 4.39 Å². The molecule has 1 atom stereocenters. The van der Waals surface area contributed by atoms with Gasteiger partial charge in [0.25, 0.3) is 5.91 Å². The third-order valence-corrected chi connectivity index (χ3v) is 5.58. The predicted molar refractivity (Wildman–Crippen MR) is 117 cm³/mol. The number of nitrogens with zero attached hydrogens (tertiary/aromatic N) is 3. The summed E-state index contributed by atoms with van der Waals surface area (Å²) in [7, 11) is 0. The van der Waals surface area contributed by atoms with Gasteiger partial charge in [0.1, 0.15) is 5.82 Å². The van der Waals surface area contributed by atoms with Crippen molar-refractivity contribution in [2.24, 2.45) is 0 Å². The molecule has 4 rings (SSSR count). The molecule has 0 saturated carbocycles. The number of aryl methyl sites for hydroxylation is 2. The molecule has 1 saturated heterocycles. The first-order valence-corrected chi connectivity index (χ1v) is 10.5. The van der Waals surface area contributed by atoms with Gasteiger partial charge in [0, 0.05) is 30.9 Å². The number of rotatable bonds is 6. The Morgan fingerprint density at radius 2 is 1.77 bits per heavy atom. The summed E-state index contributed by atoms with van der Waals surface area (Å²) in [5, 5.41) is 7.53. The number of aromatic nitrogens is 2. The second-order valence-corrected chi connectivity index (χ2v) is 7.81. The highest BCUT2D eigenvalue weighted by atomic mass is 19.1. The Labute approximate surface area is 181 Å². The first-order chi connectivity index (χ1) is 15.0. The summed E-state index contributed by atoms with van der Waals surface area (Å²) in [6.07, 6.45) is 0. The number of hydrogen-bond acceptors (Lipinski definition) is 4. The van der Waals surface area contributed by atoms with E-state index in [-0.39, 0.29) is 17.8 Å². The highest BCUT2D eigenvalue weighted by Gasteiger charge is 2.23. The summed E-state index contributed by atoms with van der Waals surface area (Å²) < 4.78 is 20.7. The largest absolute Gasteiger partial charge is 0.379 e. The summed E-state index contributed by atoms with van der Waals surface area (Å²) in [5.74, 6) is -0.406. The molecule has 7 heteroatoms. The van der Waals surface area contributed by atoms with E-state index < -0.39 is 0 Å². The van der Waals surface area contributed by atoms with Gasteiger partial charge in [0.2, 0.25) is 0 Å². The fourth-order valence-electron chi connectivity index (χ4n) is 3.97. The molecule has 1 aliphatic rings. The zero-order valence-electron chi connectivity index (χ0n) is 17.8. The van der Waals surface area contributed by atoms with E-state index in [1.807, 2.05) is 48.9 Å². The van der Waals surface area contributed by atoms with Gasteiger partial charge in [-0.25, -0.2) is 9.07 Å². The standard InChI is InChI=1S/C24H27FN4O2/c1-17-15-18(2)29(27-17)22-9-5-20(6-10-22)24(30)26-16-23(28-11-13-31-14-12-28)19-3-7-21(25)8-4-19/h3-10,15,23H,11-14,16H2,1-2H3,(H,26,30)/t23-/m0/s1. The molecule has 0 unspecified atom stereocenters. The lowest BCUT2D eigenvalue weighted by molar-refractivity contribution is 0.0162. The molecule has 1 amide bonds. The fourth-order valence-corrected chi connectivity index (χ4v) is 3.97. The lowest BCUT2D eigenvalue weighted by Gasteiger charge is -2.35. The molecular formula is C24H27FN4O2. The molecule has 6 nitrogen and oxygen atoms in total. The summed E-state index contributed by atoms with van der Waals surface area (Å²) in [4.78, 5) is 15.1. The number of carbonyl (C=O) groups excluding carboxylic acids is 1. The molecule has 1 fully saturated rings. The van der Waals surface area contributed by atoms with E-state index >= 15 is 0 Å². The Bertz CT molecular complexity index is 1020. The van der Waals surface area contributed by atoms with Gasteiger partial charge in [-0.15, -0.1) is 0 Å². The minimum Gasteiger partial charge on any atom is -0.379 e. The van der Waals surface area contributed by atoms with Gasteiger partial charge in [-0.3, -0.25) is 9.69 Å². The van der Waals surface area contributed by atoms with Crippen LogP contribution in [0.25, 0.3) is 5.69 Å². The summed E-state index contributed by atoms with van der Waals surface area (Å²) in [6, 6.07) is 15.9. The number of amides is 1. The molecular weight excluding hydrogens is 395 g/mol. The molecule has 2 aromatic carbocycles. The van der Waals surface area contributed by atoms with Crippen LogP contribution in [0.15, 0.2) is 54.6 Å². The Kier molecular flexibility index (Phi) is 6.44. The number of halogens is 1. The number of ether oxygens (including phenoxy) is 1. The molecule has 0 spiro atoms. The summed E-state index contributed by atoms with van der Waals surface area (Å²) in [5.41, 5.74) is 4.48. The SMILES string of the molecule is Cc1cc(C)n(-c2ccc(C(=O)NC[C@@H](c3ccc(F)cc3)N3CCOCC3)cc2)n1. The van der Waals surface area contributed by atoms with E-state index in [9.17, 15) is 9.18 Å². The quantitative estimate of drug-likeness (QED) is 0.661. The van der Waals surface area contributed by atoms with Crippen LogP contribution in [0.5, 0.6) is 0 Å². The van der Waals surface area contributed by atoms with Crippen LogP contribution in [-0.2, 0) is 4.74 Å². The van der Waals surface area contributed by atoms with Crippen LogP contribution >= 0.6 is 0 Å². The molecule has 0 bridgehead atoms. The minimum atomic E-state index is -0.267. The van der Waals surface area contributed by atoms with Crippen LogP contribution in [0.2, 0.25) is 0 Å². The first-order valence-electron chi connectivity index (χ1n) is 10.5. The minimum absolute atomic E-state index is 0.0394. The van der Waals surface area contributed by atoms with Crippen molar-refractivity contribution in [3.8, 4) is 5.69 Å². The van der Waals surface area contributed by atoms with Crippen molar-refractivity contribution in [2.45, 2.75) is 19.9 Å². The van der Waals surface area contributed by atoms with E-state index in [1.54, 1.807) is 12.1 Å². The van der Waals surface area contributed by atoms with Crippen molar-refractivity contribution in [3.63, 3.8) is 0 Å². The molecule has 2 heterocycles. The van der Waals surface area contributed by atoms with Gasteiger partial charge >= 0.3 is 0 Å². The molecule has 1 aromatic heterocycles. The highest BCUT2D eigenvalue weighted by molar-refractivity contribution is 5.94. The van der Waals surface area contributed by atoms with Gasteiger partial charge < -0.3 is 10.1 Å². The molecule has 162 valence electrons. The average molecular weight is 423 g/mol. The second kappa shape index (κ2) is 9.41. The van der Waals surface area contributed by atoms with Gasteiger partial charge in [0.15, 0.2) is 0 Å². The number of nitrogens with one attached hydrogen (secondary N) is 1. The van der Waals surface area contributed by atoms with Crippen LogP contribution in [0.3, 0.4) is 0 Å². The lowest BCUT2D eigenvalue weighted by atomic mass is 10.0. The lowest BCUT2D eigenvalue weighted by Crippen LogP contribution is -2.43. The number of hydrogen-bond donors (Lipinski definition) is 1. The van der Waals surface area contributed by atoms with Crippen molar-refractivity contribution >= 4 is 5.91 Å². The van der Waals surface area contributed by atoms with Gasteiger partial charge in [-0.2, -0.15) is 5.10 Å². The van der Waals surface area contributed by atoms with Crippen LogP contribution in [0.1, 0.15) is 33.4 Å². The third kappa shape index (κ3) is 5.00. The maximum absolute atomic E-state index is 13.4. The van der Waals surface area contributed by atoms with E-state index in [0.29, 0.717) is 25.3 Å². The van der Waals surface area contributed by atoms with Crippen molar-refractivity contribution in [1.82, 2.24) is 20.0 Å². The van der Waals surface area contributed by atoms with Gasteiger partial charge in [0.05, 0.1) is 30.6 Å². The van der Waals surface area contributed by atoms with E-state index in [4.69, 9.17) is 4.74 Å². The van der Waals surface area contributed by atoms with E-state index in [0.717, 1.165) is 35.7 Å². The smallest absolute Gasteiger partial charge is 0.251 e. The predicted octanol–water partition coefficient (Wildman–Crippen LogP) is 3.43. The van der Waals surface area contributed by atoms with Gasteiger partial charge in [-0.1, -0.05) is 12.1 Å². The van der Waals surface area contributed by atoms with E-state index in [1.165, 1.54) is 12.1 Å². The van der Waals surface area contributed by atoms with Crippen LogP contribution in [0, 0.1) is 19.7 Å². The second-order valence-electron chi connectivity index (χ2n) is 7.81. The third-order valence-electron chi connectivity index (χ3n) is 5.58. The molecule has 0 radical (unpaired) electrons. The average Bonchev–Trinajstić information content (AvgIpc) is 3.13. The van der Waals surface area contributed by atoms with Crippen molar-refractivity contribution in [3.05, 3.63) is 82.9 Å². The maximum atomic E-state index is 13.4.